The molecule has 1 atom stereocenters. The number of hydrogen-bond donors (Lipinski definition) is 2. The van der Waals surface area contributed by atoms with Gasteiger partial charge in [0.2, 0.25) is 0 Å². The zero-order valence-electron chi connectivity index (χ0n) is 17.4. The molecule has 1 aliphatic heterocycles. The highest BCUT2D eigenvalue weighted by Crippen LogP contribution is 2.24. The second kappa shape index (κ2) is 11.4. The maximum atomic E-state index is 5.55. The number of nitrogens with one attached hydrogen (secondary N) is 2. The van der Waals surface area contributed by atoms with Crippen LogP contribution in [0.2, 0.25) is 0 Å². The lowest BCUT2D eigenvalue weighted by Crippen LogP contribution is -2.42. The van der Waals surface area contributed by atoms with Gasteiger partial charge in [-0.15, -0.1) is 0 Å². The molecule has 8 heteroatoms. The summed E-state index contributed by atoms with van der Waals surface area (Å²) in [5, 5.41) is 6.76. The second-order valence-corrected chi connectivity index (χ2v) is 6.88. The molecular weight excluding hydrogens is 368 g/mol. The number of nitrogens with zero attached hydrogens (tertiary/aromatic N) is 4. The number of aromatic nitrogens is 2. The quantitative estimate of drug-likeness (QED) is 0.491. The molecule has 0 radical (unpaired) electrons. The molecule has 8 nitrogen and oxygen atoms in total. The lowest BCUT2D eigenvalue weighted by atomic mass is 10.0. The van der Waals surface area contributed by atoms with Crippen LogP contribution in [0.5, 0.6) is 5.75 Å². The molecule has 0 aliphatic carbocycles. The topological polar surface area (TPSA) is 75.9 Å². The van der Waals surface area contributed by atoms with Crippen molar-refractivity contribution in [3.8, 4) is 5.75 Å². The Labute approximate surface area is 172 Å². The first-order chi connectivity index (χ1) is 14.3. The monoisotopic (exact) mass is 400 g/mol. The molecule has 158 valence electrons. The molecule has 0 bridgehead atoms. The summed E-state index contributed by atoms with van der Waals surface area (Å²) in [6.07, 6.45) is 5.58. The zero-order valence-corrected chi connectivity index (χ0v) is 17.4. The van der Waals surface area contributed by atoms with E-state index in [9.17, 15) is 0 Å². The minimum absolute atomic E-state index is 0.203. The molecule has 2 heterocycles. The van der Waals surface area contributed by atoms with E-state index in [1.54, 1.807) is 13.3 Å². The largest absolute Gasteiger partial charge is 0.497 e. The molecule has 0 saturated carbocycles. The SMILES string of the molecule is CCNC(=NCC(c1ccc(OC)cc1)N1CCOCC1)NCCn1ccnc1. The number of morpholine rings is 1. The van der Waals surface area contributed by atoms with Gasteiger partial charge in [0.25, 0.3) is 0 Å². The molecule has 1 aliphatic rings. The van der Waals surface area contributed by atoms with E-state index in [1.165, 1.54) is 5.56 Å². The van der Waals surface area contributed by atoms with Gasteiger partial charge in [-0.05, 0) is 24.6 Å². The molecule has 29 heavy (non-hydrogen) atoms. The predicted octanol–water partition coefficient (Wildman–Crippen LogP) is 1.52. The smallest absolute Gasteiger partial charge is 0.191 e. The summed E-state index contributed by atoms with van der Waals surface area (Å²) in [4.78, 5) is 11.4. The molecule has 3 rings (SSSR count). The third-order valence-corrected chi connectivity index (χ3v) is 4.98. The highest BCUT2D eigenvalue weighted by Gasteiger charge is 2.22. The summed E-state index contributed by atoms with van der Waals surface area (Å²) in [7, 11) is 1.69. The van der Waals surface area contributed by atoms with Gasteiger partial charge >= 0.3 is 0 Å². The Morgan fingerprint density at radius 3 is 2.69 bits per heavy atom. The van der Waals surface area contributed by atoms with E-state index < -0.39 is 0 Å². The second-order valence-electron chi connectivity index (χ2n) is 6.88. The molecular formula is C21H32N6O2. The number of methoxy groups -OCH3 is 1. The lowest BCUT2D eigenvalue weighted by molar-refractivity contribution is 0.0179. The minimum Gasteiger partial charge on any atom is -0.497 e. The molecule has 0 spiro atoms. The van der Waals surface area contributed by atoms with Crippen LogP contribution >= 0.6 is 0 Å². The average molecular weight is 401 g/mol. The van der Waals surface area contributed by atoms with Gasteiger partial charge in [-0.1, -0.05) is 12.1 Å². The van der Waals surface area contributed by atoms with E-state index >= 15 is 0 Å². The standard InChI is InChI=1S/C21H32N6O2/c1-3-23-21(24-9-11-26-10-8-22-17-26)25-16-20(27-12-14-29-15-13-27)18-4-6-19(28-2)7-5-18/h4-8,10,17,20H,3,9,11-16H2,1-2H3,(H2,23,24,25). The summed E-state index contributed by atoms with van der Waals surface area (Å²) < 4.78 is 12.9. The lowest BCUT2D eigenvalue weighted by Gasteiger charge is -2.34. The Balaban J connectivity index is 1.67. The Kier molecular flexibility index (Phi) is 8.33. The van der Waals surface area contributed by atoms with Crippen LogP contribution in [0.4, 0.5) is 0 Å². The highest BCUT2D eigenvalue weighted by molar-refractivity contribution is 5.79. The maximum Gasteiger partial charge on any atom is 0.191 e. The van der Waals surface area contributed by atoms with Crippen LogP contribution in [0.15, 0.2) is 48.0 Å². The van der Waals surface area contributed by atoms with Crippen LogP contribution in [0.25, 0.3) is 0 Å². The van der Waals surface area contributed by atoms with Crippen molar-refractivity contribution in [2.24, 2.45) is 4.99 Å². The zero-order chi connectivity index (χ0) is 20.3. The van der Waals surface area contributed by atoms with E-state index in [2.05, 4.69) is 39.6 Å². The van der Waals surface area contributed by atoms with Crippen molar-refractivity contribution in [2.75, 3.05) is 53.0 Å². The first-order valence-corrected chi connectivity index (χ1v) is 10.2. The van der Waals surface area contributed by atoms with Crippen molar-refractivity contribution >= 4 is 5.96 Å². The molecule has 0 amide bonds. The average Bonchev–Trinajstić information content (AvgIpc) is 3.28. The van der Waals surface area contributed by atoms with Crippen LogP contribution < -0.4 is 15.4 Å². The van der Waals surface area contributed by atoms with Crippen LogP contribution in [-0.4, -0.2) is 73.5 Å². The summed E-state index contributed by atoms with van der Waals surface area (Å²) >= 11 is 0. The molecule has 1 saturated heterocycles. The van der Waals surface area contributed by atoms with Gasteiger partial charge in [-0.3, -0.25) is 9.89 Å². The van der Waals surface area contributed by atoms with Crippen LogP contribution in [0.1, 0.15) is 18.5 Å². The van der Waals surface area contributed by atoms with Crippen LogP contribution in [0, 0.1) is 0 Å². The Hall–Kier alpha value is -2.58. The van der Waals surface area contributed by atoms with Crippen molar-refractivity contribution in [2.45, 2.75) is 19.5 Å². The van der Waals surface area contributed by atoms with Gasteiger partial charge < -0.3 is 24.7 Å². The van der Waals surface area contributed by atoms with Crippen LogP contribution in [-0.2, 0) is 11.3 Å². The van der Waals surface area contributed by atoms with E-state index in [4.69, 9.17) is 14.5 Å². The Morgan fingerprint density at radius 1 is 1.24 bits per heavy atom. The van der Waals surface area contributed by atoms with Gasteiger partial charge in [0.1, 0.15) is 5.75 Å². The van der Waals surface area contributed by atoms with Crippen molar-refractivity contribution in [3.63, 3.8) is 0 Å². The van der Waals surface area contributed by atoms with Crippen molar-refractivity contribution in [1.82, 2.24) is 25.1 Å². The van der Waals surface area contributed by atoms with Crippen molar-refractivity contribution in [1.29, 1.82) is 0 Å². The van der Waals surface area contributed by atoms with Gasteiger partial charge in [-0.2, -0.15) is 0 Å². The number of hydrogen-bond acceptors (Lipinski definition) is 5. The molecule has 2 N–H and O–H groups in total. The number of ether oxygens (including phenoxy) is 2. The number of imidazole rings is 1. The fourth-order valence-corrected chi connectivity index (χ4v) is 3.39. The fraction of sp³-hybridized carbons (Fsp3) is 0.524. The van der Waals surface area contributed by atoms with E-state index in [0.29, 0.717) is 6.54 Å². The summed E-state index contributed by atoms with van der Waals surface area (Å²) in [6, 6.07) is 8.50. The van der Waals surface area contributed by atoms with Gasteiger partial charge in [0, 0.05) is 45.1 Å². The molecule has 1 aromatic heterocycles. The summed E-state index contributed by atoms with van der Waals surface area (Å²) in [5.41, 5.74) is 1.24. The number of rotatable bonds is 9. The third-order valence-electron chi connectivity index (χ3n) is 4.98. The summed E-state index contributed by atoms with van der Waals surface area (Å²) in [6.45, 7) is 8.56. The summed E-state index contributed by atoms with van der Waals surface area (Å²) in [5.74, 6) is 1.70. The molecule has 1 unspecified atom stereocenters. The van der Waals surface area contributed by atoms with Crippen molar-refractivity contribution in [3.05, 3.63) is 48.5 Å². The fourth-order valence-electron chi connectivity index (χ4n) is 3.39. The van der Waals surface area contributed by atoms with Crippen molar-refractivity contribution < 1.29 is 9.47 Å². The maximum absolute atomic E-state index is 5.55. The number of guanidine groups is 1. The molecule has 1 aromatic carbocycles. The van der Waals surface area contributed by atoms with E-state index in [0.717, 1.165) is 57.6 Å². The van der Waals surface area contributed by atoms with E-state index in [1.807, 2.05) is 29.2 Å². The Bertz CT molecular complexity index is 726. The molecule has 1 fully saturated rings. The highest BCUT2D eigenvalue weighted by atomic mass is 16.5. The normalized spacial score (nSPS) is 16.4. The number of benzene rings is 1. The van der Waals surface area contributed by atoms with E-state index in [-0.39, 0.29) is 6.04 Å². The predicted molar refractivity (Wildman–Crippen MR) is 114 cm³/mol. The van der Waals surface area contributed by atoms with Gasteiger partial charge in [0.05, 0.1) is 39.2 Å². The number of aliphatic imine (C=N–C) groups is 1. The minimum atomic E-state index is 0.203. The molecule has 2 aromatic rings. The Morgan fingerprint density at radius 2 is 2.03 bits per heavy atom. The third kappa shape index (κ3) is 6.47. The first-order valence-electron chi connectivity index (χ1n) is 10.2. The van der Waals surface area contributed by atoms with Gasteiger partial charge in [0.15, 0.2) is 5.96 Å². The van der Waals surface area contributed by atoms with Crippen LogP contribution in [0.3, 0.4) is 0 Å². The van der Waals surface area contributed by atoms with Gasteiger partial charge in [-0.25, -0.2) is 4.98 Å². The first kappa shape index (κ1) is 21.1.